The summed E-state index contributed by atoms with van der Waals surface area (Å²) in [6.45, 7) is 2.68. The van der Waals surface area contributed by atoms with Crippen LogP contribution in [0, 0.1) is 5.92 Å². The van der Waals surface area contributed by atoms with Gasteiger partial charge in [0.25, 0.3) is 0 Å². The Labute approximate surface area is 124 Å². The van der Waals surface area contributed by atoms with Crippen molar-refractivity contribution in [3.8, 4) is 0 Å². The second kappa shape index (κ2) is 8.02. The zero-order chi connectivity index (χ0) is 14.4. The molecule has 3 nitrogen and oxygen atoms in total. The first-order chi connectivity index (χ1) is 9.74. The van der Waals surface area contributed by atoms with Crippen LogP contribution in [0.3, 0.4) is 0 Å². The normalized spacial score (nSPS) is 23.5. The zero-order valence-corrected chi connectivity index (χ0v) is 13.2. The van der Waals surface area contributed by atoms with E-state index in [2.05, 4.69) is 11.8 Å². The number of carbonyl (C=O) groups excluding carboxylic acids is 1. The van der Waals surface area contributed by atoms with Gasteiger partial charge in [0.1, 0.15) is 0 Å². The fourth-order valence-corrected chi connectivity index (χ4v) is 4.00. The van der Waals surface area contributed by atoms with Crippen LogP contribution in [0.15, 0.2) is 0 Å². The van der Waals surface area contributed by atoms with Crippen LogP contribution in [-0.2, 0) is 4.79 Å². The van der Waals surface area contributed by atoms with E-state index in [-0.39, 0.29) is 5.92 Å². The van der Waals surface area contributed by atoms with E-state index in [1.807, 2.05) is 0 Å². The van der Waals surface area contributed by atoms with Crippen molar-refractivity contribution in [2.24, 2.45) is 11.7 Å². The standard InChI is InChI=1S/C17H32N2O/c1-14(12-13-18)17(20)19(15-8-4-2-5-9-15)16-10-6-3-7-11-16/h14-16H,2-13,18H2,1H3. The first kappa shape index (κ1) is 15.8. The molecule has 3 heteroatoms. The number of nitrogens with two attached hydrogens (primary N) is 1. The molecule has 116 valence electrons. The van der Waals surface area contributed by atoms with E-state index in [9.17, 15) is 4.79 Å². The Morgan fingerprint density at radius 2 is 1.45 bits per heavy atom. The molecule has 2 aliphatic rings. The highest BCUT2D eigenvalue weighted by atomic mass is 16.2. The van der Waals surface area contributed by atoms with Crippen molar-refractivity contribution in [1.29, 1.82) is 0 Å². The van der Waals surface area contributed by atoms with Crippen LogP contribution in [0.2, 0.25) is 0 Å². The van der Waals surface area contributed by atoms with Crippen molar-refractivity contribution in [2.45, 2.75) is 89.6 Å². The van der Waals surface area contributed by atoms with Gasteiger partial charge in [-0.3, -0.25) is 4.79 Å². The minimum Gasteiger partial charge on any atom is -0.337 e. The van der Waals surface area contributed by atoms with Gasteiger partial charge >= 0.3 is 0 Å². The zero-order valence-electron chi connectivity index (χ0n) is 13.2. The lowest BCUT2D eigenvalue weighted by atomic mass is 9.87. The topological polar surface area (TPSA) is 46.3 Å². The van der Waals surface area contributed by atoms with E-state index in [1.165, 1.54) is 64.2 Å². The lowest BCUT2D eigenvalue weighted by molar-refractivity contribution is -0.142. The summed E-state index contributed by atoms with van der Waals surface area (Å²) in [5, 5.41) is 0. The number of amides is 1. The highest BCUT2D eigenvalue weighted by Gasteiger charge is 2.34. The summed E-state index contributed by atoms with van der Waals surface area (Å²) >= 11 is 0. The number of hydrogen-bond donors (Lipinski definition) is 1. The maximum Gasteiger partial charge on any atom is 0.225 e. The minimum absolute atomic E-state index is 0.101. The maximum atomic E-state index is 12.9. The third kappa shape index (κ3) is 3.97. The Morgan fingerprint density at radius 3 is 1.85 bits per heavy atom. The number of rotatable bonds is 5. The average molecular weight is 280 g/mol. The second-order valence-corrected chi connectivity index (χ2v) is 6.81. The van der Waals surface area contributed by atoms with E-state index < -0.39 is 0 Å². The van der Waals surface area contributed by atoms with Gasteiger partial charge in [0.05, 0.1) is 0 Å². The van der Waals surface area contributed by atoms with Crippen LogP contribution in [-0.4, -0.2) is 29.4 Å². The molecule has 1 amide bonds. The Hall–Kier alpha value is -0.570. The van der Waals surface area contributed by atoms with Gasteiger partial charge in [0.2, 0.25) is 5.91 Å². The largest absolute Gasteiger partial charge is 0.337 e. The second-order valence-electron chi connectivity index (χ2n) is 6.81. The van der Waals surface area contributed by atoms with Crippen molar-refractivity contribution in [1.82, 2.24) is 4.90 Å². The summed E-state index contributed by atoms with van der Waals surface area (Å²) in [4.78, 5) is 15.2. The van der Waals surface area contributed by atoms with E-state index >= 15 is 0 Å². The molecular formula is C17H32N2O. The predicted octanol–water partition coefficient (Wildman–Crippen LogP) is 3.47. The van der Waals surface area contributed by atoms with Crippen molar-refractivity contribution in [3.05, 3.63) is 0 Å². The SMILES string of the molecule is CC(CCN)C(=O)N(C1CCCCC1)C1CCCCC1. The van der Waals surface area contributed by atoms with Crippen LogP contribution in [0.1, 0.15) is 77.6 Å². The quantitative estimate of drug-likeness (QED) is 0.838. The fraction of sp³-hybridized carbons (Fsp3) is 0.941. The molecule has 2 saturated carbocycles. The molecule has 2 fully saturated rings. The van der Waals surface area contributed by atoms with E-state index in [1.54, 1.807) is 0 Å². The highest BCUT2D eigenvalue weighted by molar-refractivity contribution is 5.79. The first-order valence-electron chi connectivity index (χ1n) is 8.76. The van der Waals surface area contributed by atoms with Gasteiger partial charge in [-0.05, 0) is 38.6 Å². The minimum atomic E-state index is 0.101. The Balaban J connectivity index is 2.07. The van der Waals surface area contributed by atoms with Crippen LogP contribution in [0.5, 0.6) is 0 Å². The van der Waals surface area contributed by atoms with Crippen LogP contribution >= 0.6 is 0 Å². The average Bonchev–Trinajstić information content (AvgIpc) is 2.50. The molecule has 0 aliphatic heterocycles. The van der Waals surface area contributed by atoms with Gasteiger partial charge in [-0.1, -0.05) is 45.4 Å². The van der Waals surface area contributed by atoms with Crippen LogP contribution in [0.25, 0.3) is 0 Å². The van der Waals surface area contributed by atoms with Gasteiger partial charge in [-0.25, -0.2) is 0 Å². The van der Waals surface area contributed by atoms with Gasteiger partial charge in [0, 0.05) is 18.0 Å². The molecule has 1 atom stereocenters. The molecule has 0 aromatic carbocycles. The van der Waals surface area contributed by atoms with Gasteiger partial charge < -0.3 is 10.6 Å². The lowest BCUT2D eigenvalue weighted by Gasteiger charge is -2.43. The molecular weight excluding hydrogens is 248 g/mol. The predicted molar refractivity (Wildman–Crippen MR) is 83.4 cm³/mol. The number of hydrogen-bond acceptors (Lipinski definition) is 2. The molecule has 1 unspecified atom stereocenters. The highest BCUT2D eigenvalue weighted by Crippen LogP contribution is 2.31. The summed E-state index contributed by atoms with van der Waals surface area (Å²) in [6, 6.07) is 1.03. The van der Waals surface area contributed by atoms with Gasteiger partial charge in [-0.15, -0.1) is 0 Å². The molecule has 0 bridgehead atoms. The number of nitrogens with zero attached hydrogens (tertiary/aromatic N) is 1. The summed E-state index contributed by atoms with van der Waals surface area (Å²) < 4.78 is 0. The van der Waals surface area contributed by atoms with E-state index in [0.29, 0.717) is 24.5 Å². The molecule has 0 heterocycles. The Morgan fingerprint density at radius 1 is 1.00 bits per heavy atom. The van der Waals surface area contributed by atoms with E-state index in [4.69, 9.17) is 5.73 Å². The summed E-state index contributed by atoms with van der Waals surface area (Å²) in [7, 11) is 0. The van der Waals surface area contributed by atoms with Crippen LogP contribution < -0.4 is 5.73 Å². The molecule has 0 spiro atoms. The van der Waals surface area contributed by atoms with Crippen molar-refractivity contribution >= 4 is 5.91 Å². The fourth-order valence-electron chi connectivity index (χ4n) is 4.00. The molecule has 0 aromatic heterocycles. The first-order valence-corrected chi connectivity index (χ1v) is 8.76. The van der Waals surface area contributed by atoms with Crippen molar-refractivity contribution in [3.63, 3.8) is 0 Å². The molecule has 2 rings (SSSR count). The molecule has 0 radical (unpaired) electrons. The molecule has 2 N–H and O–H groups in total. The van der Waals surface area contributed by atoms with Gasteiger partial charge in [0.15, 0.2) is 0 Å². The summed E-state index contributed by atoms with van der Waals surface area (Å²) in [5.41, 5.74) is 5.65. The van der Waals surface area contributed by atoms with Crippen molar-refractivity contribution in [2.75, 3.05) is 6.54 Å². The number of carbonyl (C=O) groups is 1. The van der Waals surface area contributed by atoms with Crippen molar-refractivity contribution < 1.29 is 4.79 Å². The monoisotopic (exact) mass is 280 g/mol. The molecule has 0 saturated heterocycles. The molecule has 2 aliphatic carbocycles. The Kier molecular flexibility index (Phi) is 6.34. The Bertz CT molecular complexity index is 275. The van der Waals surface area contributed by atoms with Gasteiger partial charge in [-0.2, -0.15) is 0 Å². The third-order valence-corrected chi connectivity index (χ3v) is 5.21. The smallest absolute Gasteiger partial charge is 0.225 e. The maximum absolute atomic E-state index is 12.9. The van der Waals surface area contributed by atoms with E-state index in [0.717, 1.165) is 6.42 Å². The lowest BCUT2D eigenvalue weighted by Crippen LogP contribution is -2.50. The summed E-state index contributed by atoms with van der Waals surface area (Å²) in [6.07, 6.45) is 13.6. The summed E-state index contributed by atoms with van der Waals surface area (Å²) in [5.74, 6) is 0.484. The third-order valence-electron chi connectivity index (χ3n) is 5.21. The van der Waals surface area contributed by atoms with Crippen LogP contribution in [0.4, 0.5) is 0 Å². The molecule has 20 heavy (non-hydrogen) atoms. The molecule has 0 aromatic rings.